The van der Waals surface area contributed by atoms with E-state index in [9.17, 15) is 4.79 Å². The summed E-state index contributed by atoms with van der Waals surface area (Å²) in [6, 6.07) is 10.00. The van der Waals surface area contributed by atoms with Crippen LogP contribution in [-0.4, -0.2) is 44.7 Å². The zero-order valence-corrected chi connectivity index (χ0v) is 16.6. The molecule has 2 aromatic rings. The molecule has 27 heavy (non-hydrogen) atoms. The molecule has 1 aliphatic rings. The molecule has 0 radical (unpaired) electrons. The summed E-state index contributed by atoms with van der Waals surface area (Å²) in [5, 5.41) is 5.15. The highest BCUT2D eigenvalue weighted by atomic mass is 32.1. The highest BCUT2D eigenvalue weighted by molar-refractivity contribution is 7.10. The second kappa shape index (κ2) is 9.58. The Balaban J connectivity index is 1.62. The van der Waals surface area contributed by atoms with E-state index in [1.54, 1.807) is 43.8 Å². The third kappa shape index (κ3) is 5.11. The van der Waals surface area contributed by atoms with Gasteiger partial charge in [-0.3, -0.25) is 9.69 Å². The van der Waals surface area contributed by atoms with Crippen LogP contribution < -0.4 is 14.8 Å². The Morgan fingerprint density at radius 2 is 2.07 bits per heavy atom. The number of hydrogen-bond acceptors (Lipinski definition) is 5. The van der Waals surface area contributed by atoms with E-state index >= 15 is 0 Å². The summed E-state index contributed by atoms with van der Waals surface area (Å²) in [5.41, 5.74) is 0.836. The van der Waals surface area contributed by atoms with Crippen LogP contribution in [0.3, 0.4) is 0 Å². The van der Waals surface area contributed by atoms with Crippen molar-refractivity contribution >= 4 is 23.3 Å². The van der Waals surface area contributed by atoms with E-state index in [2.05, 4.69) is 27.7 Å². The van der Waals surface area contributed by atoms with E-state index < -0.39 is 0 Å². The molecule has 6 heteroatoms. The largest absolute Gasteiger partial charge is 0.497 e. The van der Waals surface area contributed by atoms with Gasteiger partial charge in [0, 0.05) is 29.1 Å². The molecule has 1 aromatic carbocycles. The highest BCUT2D eigenvalue weighted by Gasteiger charge is 2.24. The zero-order valence-electron chi connectivity index (χ0n) is 15.8. The summed E-state index contributed by atoms with van der Waals surface area (Å²) in [7, 11) is 3.22. The fourth-order valence-electron chi connectivity index (χ4n) is 3.32. The van der Waals surface area contributed by atoms with Crippen LogP contribution >= 0.6 is 11.3 Å². The minimum absolute atomic E-state index is 0.103. The molecule has 1 saturated heterocycles. The van der Waals surface area contributed by atoms with E-state index in [4.69, 9.17) is 9.47 Å². The maximum atomic E-state index is 12.3. The molecule has 1 aromatic heterocycles. The molecule has 1 unspecified atom stereocenters. The molecule has 0 bridgehead atoms. The van der Waals surface area contributed by atoms with Crippen LogP contribution in [0.2, 0.25) is 0 Å². The van der Waals surface area contributed by atoms with Gasteiger partial charge in [0.2, 0.25) is 5.91 Å². The molecule has 1 N–H and O–H groups in total. The number of ether oxygens (including phenoxy) is 2. The monoisotopic (exact) mass is 386 g/mol. The molecule has 1 amide bonds. The van der Waals surface area contributed by atoms with Gasteiger partial charge in [0.15, 0.2) is 0 Å². The molecular weight excluding hydrogens is 360 g/mol. The normalized spacial score (nSPS) is 15.8. The van der Waals surface area contributed by atoms with Gasteiger partial charge in [-0.2, -0.15) is 0 Å². The molecule has 1 aliphatic heterocycles. The molecular formula is C21H26N2O3S. The van der Waals surface area contributed by atoms with Gasteiger partial charge in [-0.05, 0) is 55.6 Å². The number of carbonyl (C=O) groups excluding carboxylic acids is 1. The highest BCUT2D eigenvalue weighted by Crippen LogP contribution is 2.28. The Morgan fingerprint density at radius 3 is 2.74 bits per heavy atom. The molecule has 3 rings (SSSR count). The van der Waals surface area contributed by atoms with Gasteiger partial charge in [0.25, 0.3) is 0 Å². The van der Waals surface area contributed by atoms with Gasteiger partial charge < -0.3 is 14.8 Å². The molecule has 0 saturated carbocycles. The predicted octanol–water partition coefficient (Wildman–Crippen LogP) is 3.73. The number of rotatable bonds is 8. The first-order valence-corrected chi connectivity index (χ1v) is 10.0. The lowest BCUT2D eigenvalue weighted by Gasteiger charge is -2.26. The van der Waals surface area contributed by atoms with Crippen molar-refractivity contribution in [2.24, 2.45) is 0 Å². The number of nitrogens with one attached hydrogen (secondary N) is 1. The van der Waals surface area contributed by atoms with Gasteiger partial charge in [0.1, 0.15) is 11.5 Å². The number of methoxy groups -OCH3 is 2. The summed E-state index contributed by atoms with van der Waals surface area (Å²) >= 11 is 1.75. The van der Waals surface area contributed by atoms with Crippen LogP contribution in [0.4, 0.5) is 0 Å². The van der Waals surface area contributed by atoms with Crippen molar-refractivity contribution in [3.05, 3.63) is 52.2 Å². The lowest BCUT2D eigenvalue weighted by atomic mass is 10.1. The van der Waals surface area contributed by atoms with Crippen LogP contribution in [0, 0.1) is 0 Å². The topological polar surface area (TPSA) is 50.8 Å². The summed E-state index contributed by atoms with van der Waals surface area (Å²) in [6.07, 6.45) is 5.78. The summed E-state index contributed by atoms with van der Waals surface area (Å²) < 4.78 is 10.6. The number of benzene rings is 1. The van der Waals surface area contributed by atoms with Crippen LogP contribution in [0.15, 0.2) is 41.8 Å². The maximum absolute atomic E-state index is 12.3. The Kier molecular flexibility index (Phi) is 6.90. The van der Waals surface area contributed by atoms with Crippen molar-refractivity contribution in [3.63, 3.8) is 0 Å². The number of carbonyl (C=O) groups is 1. The smallest absolute Gasteiger partial charge is 0.244 e. The fraction of sp³-hybridized carbons (Fsp3) is 0.381. The van der Waals surface area contributed by atoms with Crippen molar-refractivity contribution in [3.8, 4) is 11.5 Å². The first kappa shape index (κ1) is 19.5. The van der Waals surface area contributed by atoms with Crippen molar-refractivity contribution in [1.29, 1.82) is 0 Å². The van der Waals surface area contributed by atoms with Crippen molar-refractivity contribution < 1.29 is 14.3 Å². The van der Waals surface area contributed by atoms with E-state index in [-0.39, 0.29) is 11.9 Å². The standard InChI is InChI=1S/C21H26N2O3S/c1-25-17-9-7-16(19(14-17)26-2)8-10-21(24)22-15-18(20-6-5-13-27-20)23-11-3-4-12-23/h5-10,13-14,18H,3-4,11-12,15H2,1-2H3,(H,22,24)/b10-8+. The van der Waals surface area contributed by atoms with Gasteiger partial charge in [-0.1, -0.05) is 6.07 Å². The molecule has 0 aliphatic carbocycles. The minimum Gasteiger partial charge on any atom is -0.497 e. The molecule has 0 spiro atoms. The van der Waals surface area contributed by atoms with E-state index in [1.807, 2.05) is 12.1 Å². The third-order valence-corrected chi connectivity index (χ3v) is 5.75. The van der Waals surface area contributed by atoms with Crippen LogP contribution in [0.25, 0.3) is 6.08 Å². The quantitative estimate of drug-likeness (QED) is 0.703. The Labute approximate surface area is 164 Å². The Hall–Kier alpha value is -2.31. The molecule has 1 atom stereocenters. The SMILES string of the molecule is COc1ccc(/C=C/C(=O)NCC(c2cccs2)N2CCCC2)c(OC)c1. The van der Waals surface area contributed by atoms with Crippen molar-refractivity contribution in [1.82, 2.24) is 10.2 Å². The van der Waals surface area contributed by atoms with E-state index in [1.165, 1.54) is 17.7 Å². The molecule has 2 heterocycles. The lowest BCUT2D eigenvalue weighted by Crippen LogP contribution is -2.35. The van der Waals surface area contributed by atoms with Gasteiger partial charge >= 0.3 is 0 Å². The summed E-state index contributed by atoms with van der Waals surface area (Å²) in [6.45, 7) is 2.80. The zero-order chi connectivity index (χ0) is 19.1. The lowest BCUT2D eigenvalue weighted by molar-refractivity contribution is -0.116. The summed E-state index contributed by atoms with van der Waals surface area (Å²) in [5.74, 6) is 1.29. The Morgan fingerprint density at radius 1 is 1.26 bits per heavy atom. The molecule has 144 valence electrons. The van der Waals surface area contributed by atoms with E-state index in [0.717, 1.165) is 24.4 Å². The van der Waals surface area contributed by atoms with Gasteiger partial charge in [0.05, 0.1) is 20.3 Å². The molecule has 5 nitrogen and oxygen atoms in total. The van der Waals surface area contributed by atoms with E-state index in [0.29, 0.717) is 12.3 Å². The average molecular weight is 387 g/mol. The molecule has 1 fully saturated rings. The predicted molar refractivity (Wildman–Crippen MR) is 109 cm³/mol. The third-order valence-electron chi connectivity index (χ3n) is 4.78. The van der Waals surface area contributed by atoms with Gasteiger partial charge in [-0.15, -0.1) is 11.3 Å². The number of nitrogens with zero attached hydrogens (tertiary/aromatic N) is 1. The first-order valence-electron chi connectivity index (χ1n) is 9.16. The minimum atomic E-state index is -0.103. The second-order valence-corrected chi connectivity index (χ2v) is 7.44. The fourth-order valence-corrected chi connectivity index (χ4v) is 4.18. The maximum Gasteiger partial charge on any atom is 0.244 e. The summed E-state index contributed by atoms with van der Waals surface area (Å²) in [4.78, 5) is 16.1. The Bertz CT molecular complexity index is 768. The van der Waals surface area contributed by atoms with Crippen LogP contribution in [0.5, 0.6) is 11.5 Å². The second-order valence-electron chi connectivity index (χ2n) is 6.46. The van der Waals surface area contributed by atoms with Crippen molar-refractivity contribution in [2.75, 3.05) is 33.9 Å². The van der Waals surface area contributed by atoms with Crippen molar-refractivity contribution in [2.45, 2.75) is 18.9 Å². The first-order chi connectivity index (χ1) is 13.2. The number of likely N-dealkylation sites (tertiary alicyclic amines) is 1. The van der Waals surface area contributed by atoms with Crippen LogP contribution in [-0.2, 0) is 4.79 Å². The number of thiophene rings is 1. The van der Waals surface area contributed by atoms with Crippen LogP contribution in [0.1, 0.15) is 29.3 Å². The van der Waals surface area contributed by atoms with Gasteiger partial charge in [-0.25, -0.2) is 0 Å². The average Bonchev–Trinajstić information content (AvgIpc) is 3.41. The number of hydrogen-bond donors (Lipinski definition) is 1. The number of amides is 1.